The molecule has 2 N–H and O–H groups in total. The van der Waals surface area contributed by atoms with Crippen LogP contribution in [-0.4, -0.2) is 32.7 Å². The van der Waals surface area contributed by atoms with Crippen molar-refractivity contribution in [1.82, 2.24) is 10.6 Å². The Morgan fingerprint density at radius 2 is 1.95 bits per heavy atom. The highest BCUT2D eigenvalue weighted by atomic mass is 127. The highest BCUT2D eigenvalue weighted by molar-refractivity contribution is 14.0. The van der Waals surface area contributed by atoms with Crippen LogP contribution in [0.3, 0.4) is 0 Å². The van der Waals surface area contributed by atoms with Crippen LogP contribution in [-0.2, 0) is 6.42 Å². The van der Waals surface area contributed by atoms with Gasteiger partial charge in [0, 0.05) is 19.6 Å². The van der Waals surface area contributed by atoms with Gasteiger partial charge in [0.1, 0.15) is 5.75 Å². The molecule has 0 radical (unpaired) electrons. The Labute approximate surface area is 151 Å². The molecule has 0 atom stereocenters. The smallest absolute Gasteiger partial charge is 0.191 e. The van der Waals surface area contributed by atoms with Crippen molar-refractivity contribution in [3.05, 3.63) is 29.8 Å². The number of benzene rings is 1. The van der Waals surface area contributed by atoms with Gasteiger partial charge in [0.15, 0.2) is 5.96 Å². The molecule has 1 aliphatic rings. The van der Waals surface area contributed by atoms with Gasteiger partial charge in [0.2, 0.25) is 0 Å². The number of nitrogens with zero attached hydrogens (tertiary/aromatic N) is 1. The van der Waals surface area contributed by atoms with Crippen LogP contribution < -0.4 is 15.4 Å². The minimum Gasteiger partial charge on any atom is -0.497 e. The van der Waals surface area contributed by atoms with Crippen LogP contribution >= 0.6 is 24.0 Å². The number of halogens is 1. The Morgan fingerprint density at radius 3 is 2.55 bits per heavy atom. The molecule has 0 unspecified atom stereocenters. The van der Waals surface area contributed by atoms with E-state index < -0.39 is 0 Å². The van der Waals surface area contributed by atoms with Gasteiger partial charge < -0.3 is 15.4 Å². The van der Waals surface area contributed by atoms with Crippen LogP contribution in [0.15, 0.2) is 29.3 Å². The lowest BCUT2D eigenvalue weighted by Gasteiger charge is -2.11. The lowest BCUT2D eigenvalue weighted by atomic mass is 10.1. The summed E-state index contributed by atoms with van der Waals surface area (Å²) in [5.41, 5.74) is 1.34. The summed E-state index contributed by atoms with van der Waals surface area (Å²) in [6.07, 6.45) is 4.86. The fourth-order valence-corrected chi connectivity index (χ4v) is 2.15. The normalized spacial score (nSPS) is 14.2. The van der Waals surface area contributed by atoms with E-state index in [0.29, 0.717) is 0 Å². The molecule has 5 heteroatoms. The van der Waals surface area contributed by atoms with Gasteiger partial charge in [-0.25, -0.2) is 0 Å². The maximum atomic E-state index is 5.17. The van der Waals surface area contributed by atoms with Gasteiger partial charge in [-0.3, -0.25) is 4.99 Å². The van der Waals surface area contributed by atoms with E-state index in [1.54, 1.807) is 7.11 Å². The maximum Gasteiger partial charge on any atom is 0.191 e. The molecule has 0 aromatic heterocycles. The molecule has 1 fully saturated rings. The van der Waals surface area contributed by atoms with Crippen molar-refractivity contribution in [2.45, 2.75) is 32.6 Å². The summed E-state index contributed by atoms with van der Waals surface area (Å²) in [5, 5.41) is 6.71. The second-order valence-electron chi connectivity index (χ2n) is 5.54. The quantitative estimate of drug-likeness (QED) is 0.296. The summed E-state index contributed by atoms with van der Waals surface area (Å²) < 4.78 is 5.17. The lowest BCUT2D eigenvalue weighted by Crippen LogP contribution is -2.38. The first kappa shape index (κ1) is 19.1. The molecule has 0 spiro atoms. The number of aryl methyl sites for hydroxylation is 1. The SMILES string of the molecule is CCNC(=NCC1CC1)NCCCc1ccc(OC)cc1.I. The van der Waals surface area contributed by atoms with E-state index in [9.17, 15) is 0 Å². The van der Waals surface area contributed by atoms with E-state index in [1.165, 1.54) is 18.4 Å². The first-order valence-electron chi connectivity index (χ1n) is 7.97. The summed E-state index contributed by atoms with van der Waals surface area (Å²) in [6, 6.07) is 8.30. The van der Waals surface area contributed by atoms with Crippen molar-refractivity contribution in [3.63, 3.8) is 0 Å². The van der Waals surface area contributed by atoms with Crippen LogP contribution in [0.2, 0.25) is 0 Å². The van der Waals surface area contributed by atoms with Crippen LogP contribution in [0.5, 0.6) is 5.75 Å². The second-order valence-corrected chi connectivity index (χ2v) is 5.54. The van der Waals surface area contributed by atoms with Crippen molar-refractivity contribution < 1.29 is 4.74 Å². The number of methoxy groups -OCH3 is 1. The summed E-state index contributed by atoms with van der Waals surface area (Å²) in [5.74, 6) is 2.71. The minimum absolute atomic E-state index is 0. The first-order chi connectivity index (χ1) is 10.3. The molecule has 124 valence electrons. The fourth-order valence-electron chi connectivity index (χ4n) is 2.15. The molecule has 0 amide bonds. The van der Waals surface area contributed by atoms with Crippen molar-refractivity contribution >= 4 is 29.9 Å². The van der Waals surface area contributed by atoms with Crippen LogP contribution in [0.25, 0.3) is 0 Å². The number of ether oxygens (including phenoxy) is 1. The second kappa shape index (κ2) is 10.7. The highest BCUT2D eigenvalue weighted by Gasteiger charge is 2.20. The Hall–Kier alpha value is -0.980. The molecule has 0 saturated heterocycles. The van der Waals surface area contributed by atoms with E-state index >= 15 is 0 Å². The van der Waals surface area contributed by atoms with Gasteiger partial charge >= 0.3 is 0 Å². The van der Waals surface area contributed by atoms with Crippen molar-refractivity contribution in [1.29, 1.82) is 0 Å². The van der Waals surface area contributed by atoms with Crippen molar-refractivity contribution in [2.75, 3.05) is 26.7 Å². The number of nitrogens with one attached hydrogen (secondary N) is 2. The number of hydrogen-bond acceptors (Lipinski definition) is 2. The Bertz CT molecular complexity index is 444. The number of guanidine groups is 1. The molecular weight excluding hydrogens is 389 g/mol. The summed E-state index contributed by atoms with van der Waals surface area (Å²) in [6.45, 7) is 4.93. The molecule has 0 aliphatic heterocycles. The average Bonchev–Trinajstić information content (AvgIpc) is 3.34. The molecule has 1 aliphatic carbocycles. The number of hydrogen-bond donors (Lipinski definition) is 2. The zero-order valence-corrected chi connectivity index (χ0v) is 15.9. The van der Waals surface area contributed by atoms with E-state index in [-0.39, 0.29) is 24.0 Å². The van der Waals surface area contributed by atoms with E-state index in [0.717, 1.165) is 50.1 Å². The summed E-state index contributed by atoms with van der Waals surface area (Å²) in [4.78, 5) is 4.62. The van der Waals surface area contributed by atoms with E-state index in [4.69, 9.17) is 4.74 Å². The van der Waals surface area contributed by atoms with Gasteiger partial charge in [-0.15, -0.1) is 24.0 Å². The zero-order valence-electron chi connectivity index (χ0n) is 13.6. The van der Waals surface area contributed by atoms with Crippen molar-refractivity contribution in [3.8, 4) is 5.75 Å². The van der Waals surface area contributed by atoms with Crippen LogP contribution in [0.4, 0.5) is 0 Å². The monoisotopic (exact) mass is 417 g/mol. The lowest BCUT2D eigenvalue weighted by molar-refractivity contribution is 0.414. The third kappa shape index (κ3) is 7.33. The molecular formula is C17H28IN3O. The molecule has 1 aromatic rings. The first-order valence-corrected chi connectivity index (χ1v) is 7.97. The van der Waals surface area contributed by atoms with Gasteiger partial charge in [0.05, 0.1) is 7.11 Å². The molecule has 4 nitrogen and oxygen atoms in total. The van der Waals surface area contributed by atoms with Gasteiger partial charge in [0.25, 0.3) is 0 Å². The third-order valence-corrected chi connectivity index (χ3v) is 3.64. The number of aliphatic imine (C=N–C) groups is 1. The topological polar surface area (TPSA) is 45.7 Å². The standard InChI is InChI=1S/C17H27N3O.HI/c1-3-18-17(20-13-15-6-7-15)19-12-4-5-14-8-10-16(21-2)11-9-14;/h8-11,15H,3-7,12-13H2,1-2H3,(H2,18,19,20);1H. The summed E-state index contributed by atoms with van der Waals surface area (Å²) in [7, 11) is 1.70. The van der Waals surface area contributed by atoms with Crippen LogP contribution in [0.1, 0.15) is 31.7 Å². The molecule has 22 heavy (non-hydrogen) atoms. The van der Waals surface area contributed by atoms with Crippen LogP contribution in [0, 0.1) is 5.92 Å². The number of rotatable bonds is 8. The van der Waals surface area contributed by atoms with E-state index in [2.05, 4.69) is 34.7 Å². The third-order valence-electron chi connectivity index (χ3n) is 3.64. The Kier molecular flexibility index (Phi) is 9.27. The minimum atomic E-state index is 0. The fraction of sp³-hybridized carbons (Fsp3) is 0.588. The van der Waals surface area contributed by atoms with Crippen molar-refractivity contribution in [2.24, 2.45) is 10.9 Å². The largest absolute Gasteiger partial charge is 0.497 e. The van der Waals surface area contributed by atoms with E-state index in [1.807, 2.05) is 12.1 Å². The average molecular weight is 417 g/mol. The molecule has 1 aromatic carbocycles. The Balaban J connectivity index is 0.00000242. The predicted octanol–water partition coefficient (Wildman–Crippen LogP) is 3.21. The molecule has 0 heterocycles. The van der Waals surface area contributed by atoms with Gasteiger partial charge in [-0.1, -0.05) is 12.1 Å². The Morgan fingerprint density at radius 1 is 1.23 bits per heavy atom. The molecule has 2 rings (SSSR count). The molecule has 0 bridgehead atoms. The summed E-state index contributed by atoms with van der Waals surface area (Å²) >= 11 is 0. The maximum absolute atomic E-state index is 5.17. The zero-order chi connectivity index (χ0) is 14.9. The van der Waals surface area contributed by atoms with Gasteiger partial charge in [-0.05, 0) is 56.2 Å². The van der Waals surface area contributed by atoms with Gasteiger partial charge in [-0.2, -0.15) is 0 Å². The predicted molar refractivity (Wildman–Crippen MR) is 103 cm³/mol. The highest BCUT2D eigenvalue weighted by Crippen LogP contribution is 2.28. The molecule has 1 saturated carbocycles.